The Morgan fingerprint density at radius 3 is 2.86 bits per heavy atom. The number of hydrogen-bond donors (Lipinski definition) is 2. The van der Waals surface area contributed by atoms with Crippen LogP contribution in [-0.4, -0.2) is 59.1 Å². The van der Waals surface area contributed by atoms with Gasteiger partial charge in [0.15, 0.2) is 0 Å². The molecule has 1 amide bonds. The van der Waals surface area contributed by atoms with Crippen molar-refractivity contribution in [2.45, 2.75) is 45.1 Å². The highest BCUT2D eigenvalue weighted by Crippen LogP contribution is 2.17. The fourth-order valence-corrected chi connectivity index (χ4v) is 2.31. The van der Waals surface area contributed by atoms with Crippen LogP contribution < -0.4 is 5.32 Å². The number of amides is 1. The second-order valence-electron chi connectivity index (χ2n) is 6.23. The van der Waals surface area contributed by atoms with Crippen molar-refractivity contribution < 1.29 is 14.3 Å². The fourth-order valence-electron chi connectivity index (χ4n) is 2.31. The Kier molecular flexibility index (Phi) is 4.84. The zero-order valence-corrected chi connectivity index (χ0v) is 13.0. The second kappa shape index (κ2) is 6.44. The molecule has 2 rings (SSSR count). The molecule has 0 saturated carbocycles. The molecule has 1 fully saturated rings. The highest BCUT2D eigenvalue weighted by Gasteiger charge is 2.37. The summed E-state index contributed by atoms with van der Waals surface area (Å²) < 4.78 is 10.9. The van der Waals surface area contributed by atoms with Crippen LogP contribution in [0.1, 0.15) is 26.5 Å². The monoisotopic (exact) mass is 296 g/mol. The zero-order chi connectivity index (χ0) is 15.5. The first kappa shape index (κ1) is 15.8. The summed E-state index contributed by atoms with van der Waals surface area (Å²) in [4.78, 5) is 13.8. The first-order valence-corrected chi connectivity index (χ1v) is 7.11. The van der Waals surface area contributed by atoms with E-state index in [1.54, 1.807) is 18.2 Å². The SMILES string of the molecule is CO[C@H]1CN(C(=O)OC(C)(C)C)CC1NCc1ccn[nH]1. The average Bonchev–Trinajstić information content (AvgIpc) is 3.03. The molecule has 2 heterocycles. The van der Waals surface area contributed by atoms with Crippen molar-refractivity contribution in [1.29, 1.82) is 0 Å². The van der Waals surface area contributed by atoms with E-state index < -0.39 is 5.60 Å². The van der Waals surface area contributed by atoms with E-state index in [2.05, 4.69) is 15.5 Å². The van der Waals surface area contributed by atoms with E-state index in [4.69, 9.17) is 9.47 Å². The maximum Gasteiger partial charge on any atom is 0.410 e. The summed E-state index contributed by atoms with van der Waals surface area (Å²) in [6.07, 6.45) is 1.38. The van der Waals surface area contributed by atoms with Crippen molar-refractivity contribution in [3.63, 3.8) is 0 Å². The first-order chi connectivity index (χ1) is 9.89. The number of carbonyl (C=O) groups excluding carboxylic acids is 1. The molecular weight excluding hydrogens is 272 g/mol. The van der Waals surface area contributed by atoms with E-state index in [-0.39, 0.29) is 18.2 Å². The molecule has 0 bridgehead atoms. The first-order valence-electron chi connectivity index (χ1n) is 7.11. The number of rotatable bonds is 4. The Labute approximate surface area is 125 Å². The van der Waals surface area contributed by atoms with E-state index in [9.17, 15) is 4.79 Å². The van der Waals surface area contributed by atoms with E-state index in [1.807, 2.05) is 26.8 Å². The lowest BCUT2D eigenvalue weighted by Crippen LogP contribution is -2.40. The van der Waals surface area contributed by atoms with Crippen LogP contribution in [0.25, 0.3) is 0 Å². The summed E-state index contributed by atoms with van der Waals surface area (Å²) in [7, 11) is 1.66. The zero-order valence-electron chi connectivity index (χ0n) is 13.0. The van der Waals surface area contributed by atoms with Gasteiger partial charge in [-0.05, 0) is 26.8 Å². The quantitative estimate of drug-likeness (QED) is 0.871. The summed E-state index contributed by atoms with van der Waals surface area (Å²) in [6, 6.07) is 1.99. The van der Waals surface area contributed by atoms with Crippen molar-refractivity contribution in [3.8, 4) is 0 Å². The van der Waals surface area contributed by atoms with Gasteiger partial charge < -0.3 is 19.7 Å². The molecular formula is C14H24N4O3. The van der Waals surface area contributed by atoms with E-state index >= 15 is 0 Å². The molecule has 7 nitrogen and oxygen atoms in total. The Morgan fingerprint density at radius 2 is 2.29 bits per heavy atom. The highest BCUT2D eigenvalue weighted by atomic mass is 16.6. The van der Waals surface area contributed by atoms with Gasteiger partial charge in [0, 0.05) is 32.1 Å². The van der Waals surface area contributed by atoms with Gasteiger partial charge in [0.05, 0.1) is 18.7 Å². The molecule has 118 valence electrons. The molecule has 2 atom stereocenters. The third-order valence-corrected chi connectivity index (χ3v) is 3.33. The predicted molar refractivity (Wildman–Crippen MR) is 77.8 cm³/mol. The molecule has 0 aromatic carbocycles. The summed E-state index contributed by atoms with van der Waals surface area (Å²) in [6.45, 7) is 7.36. The summed E-state index contributed by atoms with van der Waals surface area (Å²) in [5, 5.41) is 10.2. The molecule has 0 spiro atoms. The predicted octanol–water partition coefficient (Wildman–Crippen LogP) is 1.13. The van der Waals surface area contributed by atoms with Crippen LogP contribution in [0.3, 0.4) is 0 Å². The van der Waals surface area contributed by atoms with Crippen LogP contribution in [0.15, 0.2) is 12.3 Å². The van der Waals surface area contributed by atoms with Crippen molar-refractivity contribution in [1.82, 2.24) is 20.4 Å². The number of ether oxygens (including phenoxy) is 2. The minimum atomic E-state index is -0.485. The molecule has 1 aliphatic rings. The Balaban J connectivity index is 1.89. The van der Waals surface area contributed by atoms with Gasteiger partial charge in [-0.3, -0.25) is 5.10 Å². The van der Waals surface area contributed by atoms with Crippen molar-refractivity contribution >= 4 is 6.09 Å². The molecule has 7 heteroatoms. The second-order valence-corrected chi connectivity index (χ2v) is 6.23. The molecule has 0 aliphatic carbocycles. The van der Waals surface area contributed by atoms with Crippen molar-refractivity contribution in [3.05, 3.63) is 18.0 Å². The van der Waals surface area contributed by atoms with Crippen LogP contribution in [0.2, 0.25) is 0 Å². The maximum absolute atomic E-state index is 12.1. The maximum atomic E-state index is 12.1. The summed E-state index contributed by atoms with van der Waals surface area (Å²) >= 11 is 0. The minimum Gasteiger partial charge on any atom is -0.444 e. The van der Waals surface area contributed by atoms with Crippen molar-refractivity contribution in [2.24, 2.45) is 0 Å². The van der Waals surface area contributed by atoms with Gasteiger partial charge in [-0.25, -0.2) is 4.79 Å². The Bertz CT molecular complexity index is 455. The van der Waals surface area contributed by atoms with Crippen LogP contribution in [0, 0.1) is 0 Å². The number of likely N-dealkylation sites (tertiary alicyclic amines) is 1. The van der Waals surface area contributed by atoms with Gasteiger partial charge in [0.25, 0.3) is 0 Å². The van der Waals surface area contributed by atoms with Crippen LogP contribution in [-0.2, 0) is 16.0 Å². The molecule has 0 radical (unpaired) electrons. The number of H-pyrrole nitrogens is 1. The van der Waals surface area contributed by atoms with Crippen LogP contribution in [0.4, 0.5) is 4.79 Å². The van der Waals surface area contributed by atoms with Crippen LogP contribution >= 0.6 is 0 Å². The van der Waals surface area contributed by atoms with Gasteiger partial charge in [-0.15, -0.1) is 0 Å². The molecule has 1 aromatic heterocycles. The lowest BCUT2D eigenvalue weighted by molar-refractivity contribution is 0.0252. The number of nitrogens with zero attached hydrogens (tertiary/aromatic N) is 2. The molecule has 21 heavy (non-hydrogen) atoms. The third-order valence-electron chi connectivity index (χ3n) is 3.33. The van der Waals surface area contributed by atoms with E-state index in [0.29, 0.717) is 19.6 Å². The summed E-state index contributed by atoms with van der Waals surface area (Å²) in [5.41, 5.74) is 0.515. The number of hydrogen-bond acceptors (Lipinski definition) is 5. The molecule has 1 aromatic rings. The van der Waals surface area contributed by atoms with Crippen molar-refractivity contribution in [2.75, 3.05) is 20.2 Å². The largest absolute Gasteiger partial charge is 0.444 e. The number of methoxy groups -OCH3 is 1. The highest BCUT2D eigenvalue weighted by molar-refractivity contribution is 5.68. The van der Waals surface area contributed by atoms with Crippen LogP contribution in [0.5, 0.6) is 0 Å². The van der Waals surface area contributed by atoms with Gasteiger partial charge in [0.2, 0.25) is 0 Å². The number of carbonyl (C=O) groups is 1. The van der Waals surface area contributed by atoms with Gasteiger partial charge in [-0.2, -0.15) is 5.10 Å². The fraction of sp³-hybridized carbons (Fsp3) is 0.714. The Hall–Kier alpha value is -1.60. The number of nitrogens with one attached hydrogen (secondary N) is 2. The molecule has 1 saturated heterocycles. The minimum absolute atomic E-state index is 0.0413. The lowest BCUT2D eigenvalue weighted by atomic mass is 10.2. The lowest BCUT2D eigenvalue weighted by Gasteiger charge is -2.24. The topological polar surface area (TPSA) is 79.5 Å². The molecule has 2 N–H and O–H groups in total. The van der Waals surface area contributed by atoms with Gasteiger partial charge >= 0.3 is 6.09 Å². The molecule has 1 unspecified atom stereocenters. The van der Waals surface area contributed by atoms with E-state index in [1.165, 1.54) is 0 Å². The smallest absolute Gasteiger partial charge is 0.410 e. The van der Waals surface area contributed by atoms with E-state index in [0.717, 1.165) is 5.69 Å². The third kappa shape index (κ3) is 4.44. The Morgan fingerprint density at radius 1 is 1.52 bits per heavy atom. The summed E-state index contributed by atoms with van der Waals surface area (Å²) in [5.74, 6) is 0. The van der Waals surface area contributed by atoms with Gasteiger partial charge in [0.1, 0.15) is 5.60 Å². The molecule has 1 aliphatic heterocycles. The number of aromatic nitrogens is 2. The normalized spacial score (nSPS) is 22.6. The standard InChI is InChI=1S/C14H24N4O3/c1-14(2,3)21-13(19)18-8-11(12(9-18)20-4)15-7-10-5-6-16-17-10/h5-6,11-12,15H,7-9H2,1-4H3,(H,16,17)/t11?,12-/m0/s1. The number of aromatic amines is 1. The van der Waals surface area contributed by atoms with Gasteiger partial charge in [-0.1, -0.05) is 0 Å². The average molecular weight is 296 g/mol.